The average molecular weight is 152 g/mol. The van der Waals surface area contributed by atoms with Gasteiger partial charge in [0.2, 0.25) is 0 Å². The molecule has 0 rings (SSSR count). The van der Waals surface area contributed by atoms with Crippen LogP contribution in [0.25, 0.3) is 0 Å². The van der Waals surface area contributed by atoms with Crippen molar-refractivity contribution < 1.29 is 0 Å². The maximum atomic E-state index is 5.47. The van der Waals surface area contributed by atoms with Gasteiger partial charge >= 0.3 is 0 Å². The fourth-order valence-corrected chi connectivity index (χ4v) is 0.637. The van der Waals surface area contributed by atoms with Gasteiger partial charge in [0, 0.05) is 18.5 Å². The summed E-state index contributed by atoms with van der Waals surface area (Å²) >= 11 is 0. The van der Waals surface area contributed by atoms with E-state index in [2.05, 4.69) is 25.4 Å². The highest BCUT2D eigenvalue weighted by Crippen LogP contribution is 1.95. The van der Waals surface area contributed by atoms with Crippen LogP contribution in [0, 0.1) is 5.92 Å². The number of allylic oxidation sites excluding steroid dienone is 2. The van der Waals surface area contributed by atoms with E-state index in [1.54, 1.807) is 18.4 Å². The second-order valence-corrected chi connectivity index (χ2v) is 2.56. The van der Waals surface area contributed by atoms with Crippen molar-refractivity contribution in [3.05, 3.63) is 24.9 Å². The van der Waals surface area contributed by atoms with E-state index < -0.39 is 0 Å². The lowest BCUT2D eigenvalue weighted by Crippen LogP contribution is -2.18. The number of hydrogen-bond donors (Lipinski definition) is 1. The Kier molecular flexibility index (Phi) is 5.39. The van der Waals surface area contributed by atoms with E-state index in [1.165, 1.54) is 0 Å². The molecule has 0 aliphatic heterocycles. The molecule has 0 unspecified atom stereocenters. The van der Waals surface area contributed by atoms with Crippen molar-refractivity contribution in [2.75, 3.05) is 6.54 Å². The second kappa shape index (κ2) is 5.86. The monoisotopic (exact) mass is 152 g/mol. The van der Waals surface area contributed by atoms with Gasteiger partial charge in [0.1, 0.15) is 0 Å². The molecule has 11 heavy (non-hydrogen) atoms. The van der Waals surface area contributed by atoms with Crippen molar-refractivity contribution in [1.82, 2.24) is 0 Å². The summed E-state index contributed by atoms with van der Waals surface area (Å²) in [6.07, 6.45) is 5.20. The minimum Gasteiger partial charge on any atom is -0.325 e. The first-order chi connectivity index (χ1) is 5.22. The van der Waals surface area contributed by atoms with Crippen LogP contribution in [0.3, 0.4) is 0 Å². The van der Waals surface area contributed by atoms with E-state index in [9.17, 15) is 0 Å². The zero-order chi connectivity index (χ0) is 8.69. The van der Waals surface area contributed by atoms with Crippen molar-refractivity contribution in [2.24, 2.45) is 16.6 Å². The fourth-order valence-electron chi connectivity index (χ4n) is 0.637. The smallest absolute Gasteiger partial charge is 0.0340 e. The minimum atomic E-state index is 0.425. The zero-order valence-corrected chi connectivity index (χ0v) is 7.25. The lowest BCUT2D eigenvalue weighted by Gasteiger charge is -2.04. The summed E-state index contributed by atoms with van der Waals surface area (Å²) < 4.78 is 0. The van der Waals surface area contributed by atoms with Gasteiger partial charge in [-0.25, -0.2) is 0 Å². The van der Waals surface area contributed by atoms with Crippen molar-refractivity contribution in [1.29, 1.82) is 0 Å². The predicted molar refractivity (Wildman–Crippen MR) is 50.7 cm³/mol. The molecule has 0 atom stereocenters. The molecular formula is C9H16N2. The molecule has 0 aromatic carbocycles. The van der Waals surface area contributed by atoms with E-state index >= 15 is 0 Å². The van der Waals surface area contributed by atoms with E-state index in [0.29, 0.717) is 12.5 Å². The van der Waals surface area contributed by atoms with Crippen LogP contribution in [0.2, 0.25) is 0 Å². The van der Waals surface area contributed by atoms with E-state index in [-0.39, 0.29) is 0 Å². The highest BCUT2D eigenvalue weighted by atomic mass is 14.7. The molecule has 0 saturated heterocycles. The third kappa shape index (κ3) is 4.51. The highest BCUT2D eigenvalue weighted by molar-refractivity contribution is 5.88. The summed E-state index contributed by atoms with van der Waals surface area (Å²) in [6, 6.07) is 0. The Morgan fingerprint density at radius 2 is 2.27 bits per heavy atom. The molecule has 0 saturated carbocycles. The van der Waals surface area contributed by atoms with Gasteiger partial charge in [-0.1, -0.05) is 26.5 Å². The van der Waals surface area contributed by atoms with Gasteiger partial charge < -0.3 is 5.73 Å². The predicted octanol–water partition coefficient (Wildman–Crippen LogP) is 1.74. The SMILES string of the molecule is C=C/C=C\N=C(/CN)C(C)C. The maximum Gasteiger partial charge on any atom is 0.0340 e. The van der Waals surface area contributed by atoms with Crippen LogP contribution in [0.15, 0.2) is 29.9 Å². The summed E-state index contributed by atoms with van der Waals surface area (Å²) in [4.78, 5) is 4.17. The molecule has 0 radical (unpaired) electrons. The summed E-state index contributed by atoms with van der Waals surface area (Å²) in [5, 5.41) is 0. The third-order valence-corrected chi connectivity index (χ3v) is 1.34. The Bertz CT molecular complexity index is 166. The summed E-state index contributed by atoms with van der Waals surface area (Å²) in [7, 11) is 0. The van der Waals surface area contributed by atoms with Crippen LogP contribution in [0.4, 0.5) is 0 Å². The molecule has 0 amide bonds. The molecule has 0 aliphatic carbocycles. The first-order valence-electron chi connectivity index (χ1n) is 3.76. The van der Waals surface area contributed by atoms with E-state index in [0.717, 1.165) is 5.71 Å². The average Bonchev–Trinajstić information content (AvgIpc) is 1.97. The molecule has 0 aliphatic rings. The van der Waals surface area contributed by atoms with Crippen molar-refractivity contribution >= 4 is 5.71 Å². The van der Waals surface area contributed by atoms with E-state index in [4.69, 9.17) is 5.73 Å². The van der Waals surface area contributed by atoms with Gasteiger partial charge in [-0.05, 0) is 12.0 Å². The maximum absolute atomic E-state index is 5.47. The van der Waals surface area contributed by atoms with Gasteiger partial charge in [0.25, 0.3) is 0 Å². The summed E-state index contributed by atoms with van der Waals surface area (Å²) in [5.74, 6) is 0.425. The molecule has 0 aromatic heterocycles. The zero-order valence-electron chi connectivity index (χ0n) is 7.25. The largest absolute Gasteiger partial charge is 0.325 e. The summed E-state index contributed by atoms with van der Waals surface area (Å²) in [6.45, 7) is 8.22. The standard InChI is InChI=1S/C9H16N2/c1-4-5-6-11-9(7-10)8(2)3/h4-6,8H,1,7,10H2,2-3H3/b6-5-,11-9+. The number of aliphatic imine (C=N–C) groups is 1. The molecular weight excluding hydrogens is 136 g/mol. The fraction of sp³-hybridized carbons (Fsp3) is 0.444. The normalized spacial score (nSPS) is 12.9. The van der Waals surface area contributed by atoms with Crippen LogP contribution < -0.4 is 5.73 Å². The van der Waals surface area contributed by atoms with Gasteiger partial charge in [-0.2, -0.15) is 0 Å². The Morgan fingerprint density at radius 1 is 1.64 bits per heavy atom. The van der Waals surface area contributed by atoms with Crippen molar-refractivity contribution in [3.8, 4) is 0 Å². The first-order valence-corrected chi connectivity index (χ1v) is 3.76. The molecule has 2 nitrogen and oxygen atoms in total. The van der Waals surface area contributed by atoms with Gasteiger partial charge in [-0.15, -0.1) is 0 Å². The Labute approximate surface area is 68.5 Å². The van der Waals surface area contributed by atoms with Gasteiger partial charge in [0.05, 0.1) is 0 Å². The molecule has 0 spiro atoms. The Hall–Kier alpha value is -0.890. The van der Waals surface area contributed by atoms with Crippen LogP contribution in [0.1, 0.15) is 13.8 Å². The molecule has 62 valence electrons. The van der Waals surface area contributed by atoms with Crippen LogP contribution in [-0.2, 0) is 0 Å². The Morgan fingerprint density at radius 3 is 2.64 bits per heavy atom. The van der Waals surface area contributed by atoms with Crippen LogP contribution >= 0.6 is 0 Å². The summed E-state index contributed by atoms with van der Waals surface area (Å²) in [5.41, 5.74) is 6.48. The number of rotatable bonds is 4. The van der Waals surface area contributed by atoms with Crippen LogP contribution in [-0.4, -0.2) is 12.3 Å². The number of nitrogens with two attached hydrogens (primary N) is 1. The van der Waals surface area contributed by atoms with Crippen LogP contribution in [0.5, 0.6) is 0 Å². The lowest BCUT2D eigenvalue weighted by atomic mass is 10.1. The molecule has 0 heterocycles. The molecule has 0 bridgehead atoms. The molecule has 2 heteroatoms. The van der Waals surface area contributed by atoms with Crippen molar-refractivity contribution in [2.45, 2.75) is 13.8 Å². The van der Waals surface area contributed by atoms with Gasteiger partial charge in [0.15, 0.2) is 0 Å². The molecule has 0 aromatic rings. The first kappa shape index (κ1) is 10.1. The molecule has 2 N–H and O–H groups in total. The minimum absolute atomic E-state index is 0.425. The highest BCUT2D eigenvalue weighted by Gasteiger charge is 1.99. The second-order valence-electron chi connectivity index (χ2n) is 2.56. The lowest BCUT2D eigenvalue weighted by molar-refractivity contribution is 0.864. The van der Waals surface area contributed by atoms with E-state index in [1.807, 2.05) is 0 Å². The third-order valence-electron chi connectivity index (χ3n) is 1.34. The number of nitrogens with zero attached hydrogens (tertiary/aromatic N) is 1. The number of hydrogen-bond acceptors (Lipinski definition) is 2. The molecule has 0 fully saturated rings. The topological polar surface area (TPSA) is 38.4 Å². The Balaban J connectivity index is 4.11. The van der Waals surface area contributed by atoms with Crippen molar-refractivity contribution in [3.63, 3.8) is 0 Å². The quantitative estimate of drug-likeness (QED) is 0.483. The van der Waals surface area contributed by atoms with Gasteiger partial charge in [-0.3, -0.25) is 4.99 Å².